The fraction of sp³-hybridized carbons (Fsp3) is 0.611. The Hall–Kier alpha value is -0.820. The first kappa shape index (κ1) is 22.2. The second kappa shape index (κ2) is 11.7. The van der Waals surface area contributed by atoms with Crippen molar-refractivity contribution in [3.8, 4) is 0 Å². The van der Waals surface area contributed by atoms with Gasteiger partial charge in [-0.05, 0) is 38.2 Å². The average Bonchev–Trinajstić information content (AvgIpc) is 2.49. The van der Waals surface area contributed by atoms with Crippen LogP contribution >= 0.6 is 24.0 Å². The van der Waals surface area contributed by atoms with Crippen LogP contribution in [0.2, 0.25) is 0 Å². The van der Waals surface area contributed by atoms with Crippen LogP contribution in [0.15, 0.2) is 35.3 Å². The number of rotatable bonds is 8. The predicted molar refractivity (Wildman–Crippen MR) is 109 cm³/mol. The van der Waals surface area contributed by atoms with E-state index in [0.29, 0.717) is 6.54 Å². The van der Waals surface area contributed by atoms with Gasteiger partial charge in [0.1, 0.15) is 5.60 Å². The van der Waals surface area contributed by atoms with Crippen LogP contribution < -0.4 is 10.6 Å². The van der Waals surface area contributed by atoms with Crippen molar-refractivity contribution in [1.29, 1.82) is 0 Å². The molecule has 0 spiro atoms. The Bertz CT molecular complexity index is 447. The van der Waals surface area contributed by atoms with Crippen molar-refractivity contribution in [2.24, 2.45) is 10.9 Å². The number of hydrogen-bond donors (Lipinski definition) is 3. The lowest BCUT2D eigenvalue weighted by Gasteiger charge is -2.22. The molecule has 0 amide bonds. The van der Waals surface area contributed by atoms with Crippen LogP contribution in [0.4, 0.5) is 0 Å². The van der Waals surface area contributed by atoms with E-state index in [4.69, 9.17) is 0 Å². The topological polar surface area (TPSA) is 56.7 Å². The van der Waals surface area contributed by atoms with Gasteiger partial charge in [-0.25, -0.2) is 4.99 Å². The van der Waals surface area contributed by atoms with Crippen molar-refractivity contribution in [2.75, 3.05) is 19.6 Å². The number of guanidine groups is 1. The molecule has 0 aliphatic carbocycles. The third kappa shape index (κ3) is 9.15. The molecule has 0 bridgehead atoms. The van der Waals surface area contributed by atoms with E-state index in [1.54, 1.807) is 6.92 Å². The van der Waals surface area contributed by atoms with Gasteiger partial charge in [-0.3, -0.25) is 0 Å². The predicted octanol–water partition coefficient (Wildman–Crippen LogP) is 3.50. The number of halogens is 1. The van der Waals surface area contributed by atoms with Crippen molar-refractivity contribution < 1.29 is 5.11 Å². The Labute approximate surface area is 158 Å². The lowest BCUT2D eigenvalue weighted by atomic mass is 9.96. The first-order valence-corrected chi connectivity index (χ1v) is 8.25. The molecule has 0 aromatic heterocycles. The average molecular weight is 433 g/mol. The Morgan fingerprint density at radius 2 is 1.87 bits per heavy atom. The molecule has 0 saturated carbocycles. The van der Waals surface area contributed by atoms with Crippen molar-refractivity contribution in [1.82, 2.24) is 10.6 Å². The summed E-state index contributed by atoms with van der Waals surface area (Å²) in [7, 11) is 0. The van der Waals surface area contributed by atoms with E-state index in [1.165, 1.54) is 6.42 Å². The molecule has 0 radical (unpaired) electrons. The quantitative estimate of drug-likeness (QED) is 0.255. The van der Waals surface area contributed by atoms with Gasteiger partial charge < -0.3 is 15.7 Å². The molecule has 1 aromatic carbocycles. The van der Waals surface area contributed by atoms with Gasteiger partial charge in [0.05, 0.1) is 6.54 Å². The summed E-state index contributed by atoms with van der Waals surface area (Å²) in [5, 5.41) is 17.1. The highest BCUT2D eigenvalue weighted by atomic mass is 127. The highest BCUT2D eigenvalue weighted by Crippen LogP contribution is 2.20. The van der Waals surface area contributed by atoms with Gasteiger partial charge in [-0.15, -0.1) is 24.0 Å². The van der Waals surface area contributed by atoms with Crippen LogP contribution in [0.1, 0.15) is 46.1 Å². The van der Waals surface area contributed by atoms with Gasteiger partial charge in [-0.1, -0.05) is 44.2 Å². The third-order valence-corrected chi connectivity index (χ3v) is 3.54. The number of aliphatic imine (C=N–C) groups is 1. The smallest absolute Gasteiger partial charge is 0.191 e. The second-order valence-electron chi connectivity index (χ2n) is 6.30. The minimum absolute atomic E-state index is 0. The number of nitrogens with one attached hydrogen (secondary N) is 2. The molecule has 5 heteroatoms. The van der Waals surface area contributed by atoms with E-state index in [0.717, 1.165) is 37.0 Å². The molecule has 1 rings (SSSR count). The normalized spacial score (nSPS) is 14.1. The fourth-order valence-corrected chi connectivity index (χ4v) is 2.18. The molecule has 23 heavy (non-hydrogen) atoms. The van der Waals surface area contributed by atoms with E-state index < -0.39 is 5.60 Å². The molecule has 1 atom stereocenters. The van der Waals surface area contributed by atoms with Crippen LogP contribution in [-0.4, -0.2) is 30.7 Å². The summed E-state index contributed by atoms with van der Waals surface area (Å²) in [6, 6.07) is 9.67. The van der Waals surface area contributed by atoms with Crippen LogP contribution in [0, 0.1) is 5.92 Å². The van der Waals surface area contributed by atoms with Crippen LogP contribution in [-0.2, 0) is 5.60 Å². The summed E-state index contributed by atoms with van der Waals surface area (Å²) >= 11 is 0. The SMILES string of the molecule is CCNC(=NCC(C)(O)c1ccccc1)NCCCC(C)C.I. The summed E-state index contributed by atoms with van der Waals surface area (Å²) in [6.07, 6.45) is 2.32. The van der Waals surface area contributed by atoms with E-state index in [-0.39, 0.29) is 24.0 Å². The Morgan fingerprint density at radius 3 is 2.43 bits per heavy atom. The van der Waals surface area contributed by atoms with Crippen molar-refractivity contribution in [3.05, 3.63) is 35.9 Å². The van der Waals surface area contributed by atoms with Gasteiger partial charge in [0, 0.05) is 13.1 Å². The zero-order chi connectivity index (χ0) is 16.4. The second-order valence-corrected chi connectivity index (χ2v) is 6.30. The summed E-state index contributed by atoms with van der Waals surface area (Å²) in [5.41, 5.74) is -0.0731. The van der Waals surface area contributed by atoms with E-state index >= 15 is 0 Å². The van der Waals surface area contributed by atoms with E-state index in [1.807, 2.05) is 37.3 Å². The molecule has 1 unspecified atom stereocenters. The molecule has 1 aromatic rings. The van der Waals surface area contributed by atoms with Crippen molar-refractivity contribution >= 4 is 29.9 Å². The van der Waals surface area contributed by atoms with Crippen LogP contribution in [0.5, 0.6) is 0 Å². The monoisotopic (exact) mass is 433 g/mol. The summed E-state index contributed by atoms with van der Waals surface area (Å²) in [5.74, 6) is 1.49. The third-order valence-electron chi connectivity index (χ3n) is 3.54. The Morgan fingerprint density at radius 1 is 1.22 bits per heavy atom. The maximum Gasteiger partial charge on any atom is 0.191 e. The number of hydrogen-bond acceptors (Lipinski definition) is 2. The first-order chi connectivity index (χ1) is 10.5. The number of benzene rings is 1. The minimum Gasteiger partial charge on any atom is -0.384 e. The molecule has 0 heterocycles. The molecular formula is C18H32IN3O. The first-order valence-electron chi connectivity index (χ1n) is 8.25. The summed E-state index contributed by atoms with van der Waals surface area (Å²) in [6.45, 7) is 10.3. The van der Waals surface area contributed by atoms with Crippen molar-refractivity contribution in [3.63, 3.8) is 0 Å². The lowest BCUT2D eigenvalue weighted by molar-refractivity contribution is 0.0672. The van der Waals surface area contributed by atoms with E-state index in [9.17, 15) is 5.11 Å². The molecule has 0 fully saturated rings. The van der Waals surface area contributed by atoms with Crippen LogP contribution in [0.25, 0.3) is 0 Å². The standard InChI is InChI=1S/C18H31N3O.HI/c1-5-19-17(20-13-9-10-15(2)3)21-14-18(4,22)16-11-7-6-8-12-16;/h6-8,11-12,15,22H,5,9-10,13-14H2,1-4H3,(H2,19,20,21);1H. The molecule has 0 aliphatic heterocycles. The molecule has 132 valence electrons. The number of nitrogens with zero attached hydrogens (tertiary/aromatic N) is 1. The highest BCUT2D eigenvalue weighted by molar-refractivity contribution is 14.0. The van der Waals surface area contributed by atoms with Crippen LogP contribution in [0.3, 0.4) is 0 Å². The maximum absolute atomic E-state index is 10.6. The van der Waals surface area contributed by atoms with E-state index in [2.05, 4.69) is 29.5 Å². The van der Waals surface area contributed by atoms with Gasteiger partial charge in [0.15, 0.2) is 5.96 Å². The Kier molecular flexibility index (Phi) is 11.3. The summed E-state index contributed by atoms with van der Waals surface area (Å²) in [4.78, 5) is 4.52. The lowest BCUT2D eigenvalue weighted by Crippen LogP contribution is -2.39. The number of aliphatic hydroxyl groups is 1. The Balaban J connectivity index is 0.00000484. The maximum atomic E-state index is 10.6. The zero-order valence-corrected chi connectivity index (χ0v) is 17.1. The van der Waals surface area contributed by atoms with Crippen molar-refractivity contribution in [2.45, 2.75) is 46.1 Å². The minimum atomic E-state index is -0.957. The molecule has 4 nitrogen and oxygen atoms in total. The molecular weight excluding hydrogens is 401 g/mol. The molecule has 0 aliphatic rings. The van der Waals surface area contributed by atoms with Gasteiger partial charge in [-0.2, -0.15) is 0 Å². The fourth-order valence-electron chi connectivity index (χ4n) is 2.18. The highest BCUT2D eigenvalue weighted by Gasteiger charge is 2.22. The van der Waals surface area contributed by atoms with Gasteiger partial charge >= 0.3 is 0 Å². The molecule has 0 saturated heterocycles. The molecule has 3 N–H and O–H groups in total. The van der Waals surface area contributed by atoms with Gasteiger partial charge in [0.2, 0.25) is 0 Å². The van der Waals surface area contributed by atoms with Gasteiger partial charge in [0.25, 0.3) is 0 Å². The summed E-state index contributed by atoms with van der Waals surface area (Å²) < 4.78 is 0. The largest absolute Gasteiger partial charge is 0.384 e. The zero-order valence-electron chi connectivity index (χ0n) is 14.8.